The molecule has 0 heterocycles. The van der Waals surface area contributed by atoms with Crippen LogP contribution in [0.2, 0.25) is 0 Å². The average molecular weight is 443 g/mol. The zero-order chi connectivity index (χ0) is 23.4. The molecule has 0 radical (unpaired) electrons. The molecule has 5 aliphatic rings. The lowest BCUT2D eigenvalue weighted by molar-refractivity contribution is -0.258. The Bertz CT molecular complexity index is 805. The van der Waals surface area contributed by atoms with Crippen LogP contribution in [0.15, 0.2) is 0 Å². The quantitative estimate of drug-likeness (QED) is 0.458. The van der Waals surface area contributed by atoms with Gasteiger partial charge in [0, 0.05) is 18.9 Å². The summed E-state index contributed by atoms with van der Waals surface area (Å²) in [4.78, 5) is 12.7. The van der Waals surface area contributed by atoms with Crippen molar-refractivity contribution in [2.75, 3.05) is 6.61 Å². The molecule has 5 saturated carbocycles. The van der Waals surface area contributed by atoms with Crippen molar-refractivity contribution in [2.45, 2.75) is 119 Å². The molecule has 1 N–H and O–H groups in total. The van der Waals surface area contributed by atoms with Gasteiger partial charge in [0.2, 0.25) is 0 Å². The molecule has 5 aliphatic carbocycles. The van der Waals surface area contributed by atoms with E-state index in [0.29, 0.717) is 40.0 Å². The van der Waals surface area contributed by atoms with Crippen LogP contribution < -0.4 is 0 Å². The van der Waals surface area contributed by atoms with E-state index in [1.54, 1.807) is 0 Å². The van der Waals surface area contributed by atoms with E-state index in [1.165, 1.54) is 57.8 Å². The van der Waals surface area contributed by atoms with Crippen LogP contribution in [0.4, 0.5) is 0 Å². The lowest BCUT2D eigenvalue weighted by Gasteiger charge is -2.74. The van der Waals surface area contributed by atoms with Crippen molar-refractivity contribution in [3.05, 3.63) is 0 Å². The second-order valence-electron chi connectivity index (χ2n) is 15.1. The Hall–Kier alpha value is -0.370. The second-order valence-corrected chi connectivity index (χ2v) is 15.1. The molecule has 32 heavy (non-hydrogen) atoms. The fourth-order valence-electron chi connectivity index (χ4n) is 11.2. The molecule has 0 bridgehead atoms. The molecule has 10 atom stereocenters. The minimum absolute atomic E-state index is 0.108. The molecule has 5 fully saturated rings. The van der Waals surface area contributed by atoms with Crippen molar-refractivity contribution in [1.29, 1.82) is 0 Å². The first-order chi connectivity index (χ1) is 14.8. The van der Waals surface area contributed by atoms with Crippen molar-refractivity contribution < 1.29 is 9.90 Å². The fourth-order valence-corrected chi connectivity index (χ4v) is 11.2. The van der Waals surface area contributed by atoms with Crippen LogP contribution in [0.5, 0.6) is 0 Å². The summed E-state index contributed by atoms with van der Waals surface area (Å²) in [7, 11) is 0. The molecule has 0 spiro atoms. The first kappa shape index (κ1) is 23.4. The van der Waals surface area contributed by atoms with Gasteiger partial charge in [-0.1, -0.05) is 48.5 Å². The van der Waals surface area contributed by atoms with E-state index in [-0.39, 0.29) is 16.7 Å². The number of Topliss-reactive ketones (excluding diaryl/α,β-unsaturated/α-hetero) is 1. The number of hydrogen-bond acceptors (Lipinski definition) is 2. The number of carbonyl (C=O) groups excluding carboxylic acids is 1. The van der Waals surface area contributed by atoms with E-state index in [1.807, 2.05) is 0 Å². The van der Waals surface area contributed by atoms with Gasteiger partial charge in [-0.3, -0.25) is 4.79 Å². The topological polar surface area (TPSA) is 37.3 Å². The maximum atomic E-state index is 12.7. The number of aliphatic hydroxyl groups excluding tert-OH is 1. The lowest BCUT2D eigenvalue weighted by atomic mass is 9.30. The smallest absolute Gasteiger partial charge is 0.136 e. The maximum Gasteiger partial charge on any atom is 0.136 e. The first-order valence-corrected chi connectivity index (χ1v) is 13.9. The van der Waals surface area contributed by atoms with Crippen LogP contribution in [-0.2, 0) is 4.79 Å². The number of carbonyl (C=O) groups is 1. The molecule has 0 aromatic carbocycles. The lowest BCUT2D eigenvalue weighted by Crippen LogP contribution is -2.67. The van der Waals surface area contributed by atoms with Crippen LogP contribution in [-0.4, -0.2) is 17.5 Å². The Balaban J connectivity index is 1.54. The second kappa shape index (κ2) is 6.86. The highest BCUT2D eigenvalue weighted by atomic mass is 16.3. The number of aliphatic hydroxyl groups is 1. The molecule has 0 aliphatic heterocycles. The van der Waals surface area contributed by atoms with Crippen molar-refractivity contribution in [3.8, 4) is 0 Å². The summed E-state index contributed by atoms with van der Waals surface area (Å²) in [5.41, 5.74) is 1.88. The van der Waals surface area contributed by atoms with Gasteiger partial charge in [0.15, 0.2) is 0 Å². The van der Waals surface area contributed by atoms with E-state index in [2.05, 4.69) is 48.5 Å². The van der Waals surface area contributed by atoms with Crippen LogP contribution in [0.25, 0.3) is 0 Å². The van der Waals surface area contributed by atoms with Crippen molar-refractivity contribution in [1.82, 2.24) is 0 Å². The van der Waals surface area contributed by atoms with Crippen molar-refractivity contribution >= 4 is 5.78 Å². The number of hydrogen-bond donors (Lipinski definition) is 1. The molecule has 2 nitrogen and oxygen atoms in total. The Morgan fingerprint density at radius 3 is 2.06 bits per heavy atom. The van der Waals surface area contributed by atoms with Crippen molar-refractivity contribution in [3.63, 3.8) is 0 Å². The molecule has 5 rings (SSSR count). The highest BCUT2D eigenvalue weighted by Crippen LogP contribution is 2.78. The summed E-state index contributed by atoms with van der Waals surface area (Å²) in [6.07, 6.45) is 13.6. The van der Waals surface area contributed by atoms with Crippen LogP contribution >= 0.6 is 0 Å². The predicted octanol–water partition coefficient (Wildman–Crippen LogP) is 7.43. The Morgan fingerprint density at radius 2 is 1.38 bits per heavy atom. The van der Waals surface area contributed by atoms with Gasteiger partial charge in [-0.05, 0) is 114 Å². The highest BCUT2D eigenvalue weighted by Gasteiger charge is 2.70. The van der Waals surface area contributed by atoms with E-state index in [9.17, 15) is 9.90 Å². The summed E-state index contributed by atoms with van der Waals surface area (Å²) < 4.78 is 0. The Morgan fingerprint density at radius 1 is 0.750 bits per heavy atom. The predicted molar refractivity (Wildman–Crippen MR) is 131 cm³/mol. The van der Waals surface area contributed by atoms with Gasteiger partial charge < -0.3 is 5.11 Å². The van der Waals surface area contributed by atoms with Gasteiger partial charge in [0.25, 0.3) is 0 Å². The monoisotopic (exact) mass is 442 g/mol. The highest BCUT2D eigenvalue weighted by molar-refractivity contribution is 5.82. The van der Waals surface area contributed by atoms with Crippen LogP contribution in [0, 0.1) is 56.2 Å². The summed E-state index contributed by atoms with van der Waals surface area (Å²) in [5.74, 6) is 2.96. The number of fused-ring (bicyclic) bond motifs is 7. The summed E-state index contributed by atoms with van der Waals surface area (Å²) >= 11 is 0. The molecule has 0 aromatic rings. The molecule has 2 heteroatoms. The third-order valence-electron chi connectivity index (χ3n) is 14.0. The Kier molecular flexibility index (Phi) is 5.01. The number of rotatable bonds is 1. The van der Waals surface area contributed by atoms with Gasteiger partial charge in [-0.25, -0.2) is 0 Å². The zero-order valence-electron chi connectivity index (χ0n) is 22.2. The van der Waals surface area contributed by atoms with E-state index in [0.717, 1.165) is 24.7 Å². The molecular formula is C30H50O2. The zero-order valence-corrected chi connectivity index (χ0v) is 22.2. The SMILES string of the molecule is CC1C(=O)CC[C@H]2[C@]3(C)CC[C@@]4(C)[C@@H]5C[C@](C)(CO)CC[C@]5(C)CC[C@]4(C)[C@@H]3CC[C@]12C. The molecule has 0 saturated heterocycles. The van der Waals surface area contributed by atoms with Crippen molar-refractivity contribution in [2.24, 2.45) is 56.2 Å². The van der Waals surface area contributed by atoms with Gasteiger partial charge >= 0.3 is 0 Å². The third kappa shape index (κ3) is 2.71. The van der Waals surface area contributed by atoms with Crippen LogP contribution in [0.3, 0.4) is 0 Å². The third-order valence-corrected chi connectivity index (χ3v) is 14.0. The summed E-state index contributed by atoms with van der Waals surface area (Å²) in [6, 6.07) is 0. The van der Waals surface area contributed by atoms with Gasteiger partial charge in [-0.2, -0.15) is 0 Å². The Labute approximate surface area is 197 Å². The number of ketones is 1. The summed E-state index contributed by atoms with van der Waals surface area (Å²) in [5, 5.41) is 10.3. The summed E-state index contributed by atoms with van der Waals surface area (Å²) in [6.45, 7) is 18.0. The normalized spacial score (nSPS) is 60.1. The molecule has 1 unspecified atom stereocenters. The fraction of sp³-hybridized carbons (Fsp3) is 0.967. The average Bonchev–Trinajstić information content (AvgIpc) is 2.75. The minimum atomic E-state index is 0.108. The van der Waals surface area contributed by atoms with Gasteiger partial charge in [0.1, 0.15) is 5.78 Å². The first-order valence-electron chi connectivity index (χ1n) is 13.9. The van der Waals surface area contributed by atoms with E-state index in [4.69, 9.17) is 0 Å². The minimum Gasteiger partial charge on any atom is -0.396 e. The molecule has 182 valence electrons. The molecule has 0 amide bonds. The standard InChI is InChI=1S/C30H50O2/c1-20-21(32)8-9-22-27(20,4)11-10-23-28(22,5)15-17-30(7)24-18-25(2,19-31)12-13-26(24,3)14-16-29(23,30)6/h20,22-24,31H,8-19H2,1-7H3/t20?,22-,23-,24-,25-,26-,27-,28+,29-,30+/m1/s1. The van der Waals surface area contributed by atoms with E-state index >= 15 is 0 Å². The molecular weight excluding hydrogens is 392 g/mol. The van der Waals surface area contributed by atoms with E-state index < -0.39 is 0 Å². The molecule has 0 aromatic heterocycles. The van der Waals surface area contributed by atoms with Gasteiger partial charge in [0.05, 0.1) is 0 Å². The largest absolute Gasteiger partial charge is 0.396 e. The maximum absolute atomic E-state index is 12.7. The van der Waals surface area contributed by atoms with Gasteiger partial charge in [-0.15, -0.1) is 0 Å². The van der Waals surface area contributed by atoms with Crippen LogP contribution in [0.1, 0.15) is 119 Å².